The van der Waals surface area contributed by atoms with E-state index in [1.54, 1.807) is 0 Å². The minimum atomic E-state index is 0.313. The quantitative estimate of drug-likeness (QED) is 0.617. The van der Waals surface area contributed by atoms with Crippen molar-refractivity contribution in [3.8, 4) is 0 Å². The summed E-state index contributed by atoms with van der Waals surface area (Å²) in [4.78, 5) is 15.7. The highest BCUT2D eigenvalue weighted by Crippen LogP contribution is 2.61. The van der Waals surface area contributed by atoms with E-state index in [4.69, 9.17) is 0 Å². The molecular weight excluding hydrogens is 174 g/mol. The Bertz CT molecular complexity index is 316. The molecule has 0 heterocycles. The van der Waals surface area contributed by atoms with Gasteiger partial charge in [0.05, 0.1) is 0 Å². The third-order valence-electron chi connectivity index (χ3n) is 3.69. The van der Waals surface area contributed by atoms with Crippen LogP contribution in [0.25, 0.3) is 0 Å². The van der Waals surface area contributed by atoms with Crippen LogP contribution < -0.4 is 0 Å². The summed E-state index contributed by atoms with van der Waals surface area (Å²) in [5.74, 6) is 1.06. The van der Waals surface area contributed by atoms with Gasteiger partial charge in [0.15, 0.2) is 0 Å². The molecule has 0 spiro atoms. The fourth-order valence-corrected chi connectivity index (χ4v) is 2.63. The highest BCUT2D eigenvalue weighted by Gasteiger charge is 2.58. The first kappa shape index (κ1) is 9.63. The first-order chi connectivity index (χ1) is 6.69. The minimum Gasteiger partial charge on any atom is -0.300 e. The zero-order chi connectivity index (χ0) is 10.2. The predicted octanol–water partition coefficient (Wildman–Crippen LogP) is 2.74. The van der Waals surface area contributed by atoms with Crippen LogP contribution in [-0.4, -0.2) is 11.5 Å². The van der Waals surface area contributed by atoms with E-state index in [1.807, 2.05) is 19.2 Å². The number of nitrogens with zero attached hydrogens (tertiary/aromatic N) is 1. The van der Waals surface area contributed by atoms with Crippen molar-refractivity contribution < 1.29 is 4.79 Å². The van der Waals surface area contributed by atoms with Crippen LogP contribution in [0.2, 0.25) is 0 Å². The Labute approximate surface area is 85.1 Å². The molecule has 0 N–H and O–H groups in total. The van der Waals surface area contributed by atoms with Gasteiger partial charge in [-0.2, -0.15) is 0 Å². The molecule has 2 aliphatic rings. The van der Waals surface area contributed by atoms with E-state index in [2.05, 4.69) is 11.9 Å². The number of allylic oxidation sites excluding steroid dienone is 1. The molecule has 14 heavy (non-hydrogen) atoms. The molecule has 2 unspecified atom stereocenters. The Morgan fingerprint density at radius 1 is 1.64 bits per heavy atom. The van der Waals surface area contributed by atoms with E-state index in [0.29, 0.717) is 17.1 Å². The molecule has 0 aromatic heterocycles. The number of fused-ring (bicyclic) bond motifs is 1. The summed E-state index contributed by atoms with van der Waals surface area (Å²) < 4.78 is 0. The largest absolute Gasteiger partial charge is 0.300 e. The van der Waals surface area contributed by atoms with Crippen LogP contribution in [0.3, 0.4) is 0 Å². The van der Waals surface area contributed by atoms with E-state index in [-0.39, 0.29) is 0 Å². The highest BCUT2D eigenvalue weighted by molar-refractivity contribution is 5.94. The number of carbonyl (C=O) groups excluding carboxylic acids is 1. The number of hydrogen-bond acceptors (Lipinski definition) is 2. The van der Waals surface area contributed by atoms with Crippen molar-refractivity contribution in [3.63, 3.8) is 0 Å². The average molecular weight is 191 g/mol. The van der Waals surface area contributed by atoms with Gasteiger partial charge in [-0.3, -0.25) is 9.79 Å². The maximum absolute atomic E-state index is 11.2. The lowest BCUT2D eigenvalue weighted by Crippen LogP contribution is -2.22. The van der Waals surface area contributed by atoms with Gasteiger partial charge in [-0.15, -0.1) is 0 Å². The van der Waals surface area contributed by atoms with Gasteiger partial charge in [0, 0.05) is 30.2 Å². The fourth-order valence-electron chi connectivity index (χ4n) is 2.63. The molecule has 0 saturated heterocycles. The molecule has 0 radical (unpaired) electrons. The summed E-state index contributed by atoms with van der Waals surface area (Å²) in [5.41, 5.74) is 1.54. The zero-order valence-corrected chi connectivity index (χ0v) is 8.92. The van der Waals surface area contributed by atoms with Crippen LogP contribution >= 0.6 is 0 Å². The van der Waals surface area contributed by atoms with Gasteiger partial charge in [0.1, 0.15) is 5.78 Å². The van der Waals surface area contributed by atoms with E-state index in [1.165, 1.54) is 12.1 Å². The molecule has 2 fully saturated rings. The number of rotatable bonds is 2. The fraction of sp³-hybridized carbons (Fsp3) is 0.667. The SMILES string of the molecule is C/C=C\N=C(/C)C12CCC(=O)CC1C2. The predicted molar refractivity (Wildman–Crippen MR) is 57.3 cm³/mol. The molecule has 2 aliphatic carbocycles. The van der Waals surface area contributed by atoms with Crippen molar-refractivity contribution in [2.45, 2.75) is 39.5 Å². The smallest absolute Gasteiger partial charge is 0.133 e. The number of carbonyl (C=O) groups is 1. The van der Waals surface area contributed by atoms with Gasteiger partial charge in [0.2, 0.25) is 0 Å². The van der Waals surface area contributed by atoms with Gasteiger partial charge in [-0.1, -0.05) is 6.08 Å². The lowest BCUT2D eigenvalue weighted by Gasteiger charge is -2.20. The maximum Gasteiger partial charge on any atom is 0.133 e. The van der Waals surface area contributed by atoms with Gasteiger partial charge in [-0.25, -0.2) is 0 Å². The molecule has 2 nitrogen and oxygen atoms in total. The summed E-state index contributed by atoms with van der Waals surface area (Å²) >= 11 is 0. The Kier molecular flexibility index (Phi) is 2.30. The molecule has 0 amide bonds. The normalized spacial score (nSPS) is 37.4. The summed E-state index contributed by atoms with van der Waals surface area (Å²) in [6.07, 6.45) is 7.58. The van der Waals surface area contributed by atoms with Crippen LogP contribution in [0.4, 0.5) is 0 Å². The Morgan fingerprint density at radius 2 is 2.43 bits per heavy atom. The lowest BCUT2D eigenvalue weighted by atomic mass is 9.84. The van der Waals surface area contributed by atoms with Crippen LogP contribution in [0.5, 0.6) is 0 Å². The Balaban J connectivity index is 2.10. The monoisotopic (exact) mass is 191 g/mol. The number of Topliss-reactive ketones (excluding diaryl/α,β-unsaturated/α-hetero) is 1. The van der Waals surface area contributed by atoms with Crippen molar-refractivity contribution in [2.75, 3.05) is 0 Å². The van der Waals surface area contributed by atoms with Crippen LogP contribution in [0, 0.1) is 11.3 Å². The van der Waals surface area contributed by atoms with Crippen LogP contribution in [-0.2, 0) is 4.79 Å². The second-order valence-electron chi connectivity index (χ2n) is 4.50. The van der Waals surface area contributed by atoms with Crippen molar-refractivity contribution in [1.82, 2.24) is 0 Å². The minimum absolute atomic E-state index is 0.313. The summed E-state index contributed by atoms with van der Waals surface area (Å²) in [5, 5.41) is 0. The molecule has 0 aliphatic heterocycles. The molecule has 2 heteroatoms. The topological polar surface area (TPSA) is 29.4 Å². The molecule has 0 bridgehead atoms. The summed E-state index contributed by atoms with van der Waals surface area (Å²) in [6, 6.07) is 0. The van der Waals surface area contributed by atoms with E-state index in [9.17, 15) is 4.79 Å². The van der Waals surface area contributed by atoms with Gasteiger partial charge in [0.25, 0.3) is 0 Å². The van der Waals surface area contributed by atoms with Gasteiger partial charge >= 0.3 is 0 Å². The van der Waals surface area contributed by atoms with Crippen molar-refractivity contribution in [2.24, 2.45) is 16.3 Å². The van der Waals surface area contributed by atoms with Crippen molar-refractivity contribution in [1.29, 1.82) is 0 Å². The van der Waals surface area contributed by atoms with Gasteiger partial charge < -0.3 is 0 Å². The first-order valence-electron chi connectivity index (χ1n) is 5.37. The van der Waals surface area contributed by atoms with Crippen LogP contribution in [0.1, 0.15) is 39.5 Å². The summed E-state index contributed by atoms with van der Waals surface area (Å²) in [7, 11) is 0. The molecule has 2 atom stereocenters. The standard InChI is InChI=1S/C12H17NO/c1-3-6-13-9(2)12-5-4-11(14)7-10(12)8-12/h3,6,10H,4-5,7-8H2,1-2H3/b6-3-,13-9+. The second kappa shape index (κ2) is 3.34. The third-order valence-corrected chi connectivity index (χ3v) is 3.69. The first-order valence-corrected chi connectivity index (χ1v) is 5.37. The number of hydrogen-bond donors (Lipinski definition) is 0. The molecule has 0 aromatic rings. The van der Waals surface area contributed by atoms with Crippen molar-refractivity contribution >= 4 is 11.5 Å². The molecule has 2 saturated carbocycles. The molecule has 76 valence electrons. The Hall–Kier alpha value is -0.920. The van der Waals surface area contributed by atoms with E-state index in [0.717, 1.165) is 19.3 Å². The van der Waals surface area contributed by atoms with E-state index >= 15 is 0 Å². The highest BCUT2D eigenvalue weighted by atomic mass is 16.1. The number of ketones is 1. The molecule has 0 aromatic carbocycles. The maximum atomic E-state index is 11.2. The summed E-state index contributed by atoms with van der Waals surface area (Å²) in [6.45, 7) is 4.08. The lowest BCUT2D eigenvalue weighted by molar-refractivity contribution is -0.120. The zero-order valence-electron chi connectivity index (χ0n) is 8.92. The second-order valence-corrected chi connectivity index (χ2v) is 4.50. The van der Waals surface area contributed by atoms with Crippen LogP contribution in [0.15, 0.2) is 17.3 Å². The van der Waals surface area contributed by atoms with Gasteiger partial charge in [-0.05, 0) is 32.6 Å². The molecule has 2 rings (SSSR count). The van der Waals surface area contributed by atoms with Crippen molar-refractivity contribution in [3.05, 3.63) is 12.3 Å². The average Bonchev–Trinajstić information content (AvgIpc) is 2.88. The number of aliphatic imine (C=N–C) groups is 1. The van der Waals surface area contributed by atoms with E-state index < -0.39 is 0 Å². The third kappa shape index (κ3) is 1.43. The molecular formula is C12H17NO. The Morgan fingerprint density at radius 3 is 3.07 bits per heavy atom.